The minimum atomic E-state index is 0.682. The van der Waals surface area contributed by atoms with E-state index in [4.69, 9.17) is 14.2 Å². The van der Waals surface area contributed by atoms with Crippen molar-refractivity contribution >= 4 is 0 Å². The Morgan fingerprint density at radius 3 is 1.90 bits per heavy atom. The molecule has 1 heterocycles. The summed E-state index contributed by atoms with van der Waals surface area (Å²) in [5, 5.41) is 3.36. The predicted molar refractivity (Wildman–Crippen MR) is 84.9 cm³/mol. The Morgan fingerprint density at radius 2 is 1.33 bits per heavy atom. The Bertz CT molecular complexity index is 232. The molecule has 1 saturated heterocycles. The summed E-state index contributed by atoms with van der Waals surface area (Å²) in [4.78, 5) is 4.64. The molecule has 1 aliphatic heterocycles. The second-order valence-corrected chi connectivity index (χ2v) is 5.34. The van der Waals surface area contributed by atoms with Crippen LogP contribution in [0.15, 0.2) is 0 Å². The quantitative estimate of drug-likeness (QED) is 0.732. The van der Waals surface area contributed by atoms with Crippen LogP contribution in [-0.4, -0.2) is 102 Å². The average molecular weight is 303 g/mol. The van der Waals surface area contributed by atoms with Crippen molar-refractivity contribution in [1.29, 1.82) is 0 Å². The summed E-state index contributed by atoms with van der Waals surface area (Å²) in [6, 6.07) is 0. The van der Waals surface area contributed by atoms with E-state index in [1.165, 1.54) is 0 Å². The van der Waals surface area contributed by atoms with Crippen molar-refractivity contribution < 1.29 is 14.2 Å². The van der Waals surface area contributed by atoms with Crippen LogP contribution in [-0.2, 0) is 14.2 Å². The lowest BCUT2D eigenvalue weighted by atomic mass is 10.4. The molecule has 0 spiro atoms. The van der Waals surface area contributed by atoms with Crippen LogP contribution >= 0.6 is 0 Å². The van der Waals surface area contributed by atoms with E-state index in [0.29, 0.717) is 13.2 Å². The van der Waals surface area contributed by atoms with Crippen molar-refractivity contribution in [2.45, 2.75) is 6.92 Å². The van der Waals surface area contributed by atoms with Crippen LogP contribution in [0.5, 0.6) is 0 Å². The summed E-state index contributed by atoms with van der Waals surface area (Å²) in [5.41, 5.74) is 0. The summed E-state index contributed by atoms with van der Waals surface area (Å²) in [6.07, 6.45) is 0. The summed E-state index contributed by atoms with van der Waals surface area (Å²) in [6.45, 7) is 13.5. The summed E-state index contributed by atoms with van der Waals surface area (Å²) in [5.74, 6) is 0. The van der Waals surface area contributed by atoms with Crippen LogP contribution in [0.4, 0.5) is 0 Å². The third-order valence-corrected chi connectivity index (χ3v) is 3.57. The molecule has 0 unspecified atom stereocenters. The van der Waals surface area contributed by atoms with Gasteiger partial charge in [-0.05, 0) is 13.6 Å². The first-order valence-corrected chi connectivity index (χ1v) is 8.17. The molecule has 0 amide bonds. The number of ether oxygens (including phenoxy) is 3. The highest BCUT2D eigenvalue weighted by molar-refractivity contribution is 4.60. The average Bonchev–Trinajstić information content (AvgIpc) is 2.49. The zero-order chi connectivity index (χ0) is 15.2. The number of nitrogens with one attached hydrogen (secondary N) is 1. The lowest BCUT2D eigenvalue weighted by Gasteiger charge is -2.22. The third-order valence-electron chi connectivity index (χ3n) is 3.57. The molecule has 6 nitrogen and oxygen atoms in total. The summed E-state index contributed by atoms with van der Waals surface area (Å²) >= 11 is 0. The van der Waals surface area contributed by atoms with E-state index in [1.807, 2.05) is 0 Å². The maximum absolute atomic E-state index is 5.73. The van der Waals surface area contributed by atoms with E-state index in [2.05, 4.69) is 29.1 Å². The molecule has 1 fully saturated rings. The predicted octanol–water partition coefficient (Wildman–Crippen LogP) is -0.107. The minimum absolute atomic E-state index is 0.682. The second kappa shape index (κ2) is 13.4. The fraction of sp³-hybridized carbons (Fsp3) is 1.00. The Hall–Kier alpha value is -0.240. The Balaban J connectivity index is 2.27. The fourth-order valence-electron chi connectivity index (χ4n) is 2.11. The van der Waals surface area contributed by atoms with E-state index in [-0.39, 0.29) is 0 Å². The van der Waals surface area contributed by atoms with E-state index in [0.717, 1.165) is 72.2 Å². The SMILES string of the molecule is CCNCCN1CCOCCOCCN(C)CCOCC1. The monoisotopic (exact) mass is 303 g/mol. The number of likely N-dealkylation sites (N-methyl/N-ethyl adjacent to an activating group) is 2. The highest BCUT2D eigenvalue weighted by Crippen LogP contribution is 1.92. The molecule has 0 radical (unpaired) electrons. The highest BCUT2D eigenvalue weighted by Gasteiger charge is 2.06. The van der Waals surface area contributed by atoms with Crippen LogP contribution in [0.2, 0.25) is 0 Å². The van der Waals surface area contributed by atoms with Gasteiger partial charge in [-0.15, -0.1) is 0 Å². The first-order chi connectivity index (χ1) is 10.3. The number of rotatable bonds is 4. The number of hydrogen-bond donors (Lipinski definition) is 1. The van der Waals surface area contributed by atoms with E-state index < -0.39 is 0 Å². The molecule has 0 aliphatic carbocycles. The third kappa shape index (κ3) is 11.0. The molecule has 0 aromatic carbocycles. The minimum Gasteiger partial charge on any atom is -0.379 e. The summed E-state index contributed by atoms with van der Waals surface area (Å²) in [7, 11) is 2.10. The first kappa shape index (κ1) is 18.8. The zero-order valence-electron chi connectivity index (χ0n) is 13.8. The Kier molecular flexibility index (Phi) is 12.0. The first-order valence-electron chi connectivity index (χ1n) is 8.17. The van der Waals surface area contributed by atoms with Crippen LogP contribution < -0.4 is 5.32 Å². The van der Waals surface area contributed by atoms with Crippen LogP contribution in [0.3, 0.4) is 0 Å². The van der Waals surface area contributed by atoms with Gasteiger partial charge in [-0.2, -0.15) is 0 Å². The van der Waals surface area contributed by atoms with E-state index in [9.17, 15) is 0 Å². The molecule has 6 heteroatoms. The van der Waals surface area contributed by atoms with Gasteiger partial charge in [0.05, 0.1) is 39.6 Å². The van der Waals surface area contributed by atoms with Crippen LogP contribution in [0.1, 0.15) is 6.92 Å². The van der Waals surface area contributed by atoms with Gasteiger partial charge in [-0.3, -0.25) is 4.90 Å². The van der Waals surface area contributed by atoms with E-state index >= 15 is 0 Å². The molecule has 1 N–H and O–H groups in total. The van der Waals surface area contributed by atoms with Gasteiger partial charge >= 0.3 is 0 Å². The molecule has 0 bridgehead atoms. The van der Waals surface area contributed by atoms with Crippen molar-refractivity contribution in [1.82, 2.24) is 15.1 Å². The smallest absolute Gasteiger partial charge is 0.0701 e. The standard InChI is InChI=1S/C15H33N3O3/c1-3-16-4-5-18-8-12-19-10-6-17(2)7-11-20-14-15-21-13-9-18/h16H,3-15H2,1-2H3. The van der Waals surface area contributed by atoms with Crippen molar-refractivity contribution in [3.8, 4) is 0 Å². The van der Waals surface area contributed by atoms with Crippen molar-refractivity contribution in [2.75, 3.05) is 92.5 Å². The largest absolute Gasteiger partial charge is 0.379 e. The van der Waals surface area contributed by atoms with Crippen LogP contribution in [0, 0.1) is 0 Å². The molecule has 0 saturated carbocycles. The topological polar surface area (TPSA) is 46.2 Å². The van der Waals surface area contributed by atoms with E-state index in [1.54, 1.807) is 0 Å². The maximum Gasteiger partial charge on any atom is 0.0701 e. The summed E-state index contributed by atoms with van der Waals surface area (Å²) < 4.78 is 16.9. The van der Waals surface area contributed by atoms with Gasteiger partial charge in [-0.25, -0.2) is 0 Å². The van der Waals surface area contributed by atoms with Gasteiger partial charge in [0.2, 0.25) is 0 Å². The van der Waals surface area contributed by atoms with Gasteiger partial charge in [0, 0.05) is 39.3 Å². The lowest BCUT2D eigenvalue weighted by Crippen LogP contribution is -2.37. The molecular weight excluding hydrogens is 270 g/mol. The highest BCUT2D eigenvalue weighted by atomic mass is 16.5. The lowest BCUT2D eigenvalue weighted by molar-refractivity contribution is 0.0341. The van der Waals surface area contributed by atoms with Crippen LogP contribution in [0.25, 0.3) is 0 Å². The molecule has 0 atom stereocenters. The normalized spacial score (nSPS) is 22.6. The van der Waals surface area contributed by atoms with Gasteiger partial charge in [-0.1, -0.05) is 6.92 Å². The Labute approximate surface area is 129 Å². The van der Waals surface area contributed by atoms with Crippen molar-refractivity contribution in [3.63, 3.8) is 0 Å². The van der Waals surface area contributed by atoms with Gasteiger partial charge < -0.3 is 24.4 Å². The number of hydrogen-bond acceptors (Lipinski definition) is 6. The molecule has 1 rings (SSSR count). The molecule has 21 heavy (non-hydrogen) atoms. The molecular formula is C15H33N3O3. The van der Waals surface area contributed by atoms with Crippen molar-refractivity contribution in [2.24, 2.45) is 0 Å². The van der Waals surface area contributed by atoms with Gasteiger partial charge in [0.15, 0.2) is 0 Å². The molecule has 0 aromatic rings. The second-order valence-electron chi connectivity index (χ2n) is 5.34. The molecule has 0 aromatic heterocycles. The Morgan fingerprint density at radius 1 is 0.810 bits per heavy atom. The maximum atomic E-state index is 5.73. The van der Waals surface area contributed by atoms with Gasteiger partial charge in [0.1, 0.15) is 0 Å². The zero-order valence-corrected chi connectivity index (χ0v) is 13.8. The number of nitrogens with zero attached hydrogens (tertiary/aromatic N) is 2. The van der Waals surface area contributed by atoms with Crippen molar-refractivity contribution in [3.05, 3.63) is 0 Å². The molecule has 1 aliphatic rings. The van der Waals surface area contributed by atoms with Gasteiger partial charge in [0.25, 0.3) is 0 Å². The molecule has 126 valence electrons. The fourth-order valence-corrected chi connectivity index (χ4v) is 2.11.